The van der Waals surface area contributed by atoms with E-state index in [0.717, 1.165) is 5.57 Å². The summed E-state index contributed by atoms with van der Waals surface area (Å²) < 4.78 is 23.8. The lowest BCUT2D eigenvalue weighted by Gasteiger charge is -2.47. The van der Waals surface area contributed by atoms with Gasteiger partial charge in [0.15, 0.2) is 0 Å². The molecule has 3 aliphatic rings. The van der Waals surface area contributed by atoms with Gasteiger partial charge in [0.1, 0.15) is 29.5 Å². The Morgan fingerprint density at radius 1 is 1.09 bits per heavy atom. The lowest BCUT2D eigenvalue weighted by atomic mass is 9.59. The molecule has 9 atom stereocenters. The SMILES string of the molecule is C=C1C(OC(C)=O)CC(C(C)C)C2C1C1CC(C)(O)C(OC(C)=O)CCC(C)(OC(C)=O)C2O1. The van der Waals surface area contributed by atoms with Crippen LogP contribution in [0, 0.1) is 23.7 Å². The number of aliphatic hydroxyl groups is 1. The quantitative estimate of drug-likeness (QED) is 0.371. The Labute approximate surface area is 202 Å². The zero-order valence-electron chi connectivity index (χ0n) is 21.5. The number of hydrogen-bond acceptors (Lipinski definition) is 8. The third-order valence-electron chi connectivity index (χ3n) is 7.97. The molecule has 2 bridgehead atoms. The first kappa shape index (κ1) is 26.7. The molecule has 1 N–H and O–H groups in total. The molecule has 3 fully saturated rings. The lowest BCUT2D eigenvalue weighted by Crippen LogP contribution is -2.54. The number of hydrogen-bond donors (Lipinski definition) is 1. The molecule has 8 nitrogen and oxygen atoms in total. The number of carbonyl (C=O) groups excluding carboxylic acids is 3. The fraction of sp³-hybridized carbons (Fsp3) is 0.808. The predicted molar refractivity (Wildman–Crippen MR) is 123 cm³/mol. The minimum absolute atomic E-state index is 0.0327. The van der Waals surface area contributed by atoms with E-state index in [4.69, 9.17) is 18.9 Å². The Balaban J connectivity index is 2.11. The molecule has 0 aromatic rings. The van der Waals surface area contributed by atoms with E-state index in [1.54, 1.807) is 6.92 Å². The highest BCUT2D eigenvalue weighted by atomic mass is 16.6. The summed E-state index contributed by atoms with van der Waals surface area (Å²) in [6.07, 6.45) is -0.655. The normalized spacial score (nSPS) is 42.1. The van der Waals surface area contributed by atoms with Crippen LogP contribution in [0.1, 0.15) is 74.1 Å². The van der Waals surface area contributed by atoms with Crippen molar-refractivity contribution in [3.05, 3.63) is 12.2 Å². The zero-order chi connectivity index (χ0) is 25.6. The summed E-state index contributed by atoms with van der Waals surface area (Å²) in [5.41, 5.74) is -1.61. The highest BCUT2D eigenvalue weighted by Gasteiger charge is 2.62. The van der Waals surface area contributed by atoms with Gasteiger partial charge < -0.3 is 24.1 Å². The van der Waals surface area contributed by atoms with Crippen molar-refractivity contribution in [3.8, 4) is 0 Å². The van der Waals surface area contributed by atoms with Crippen LogP contribution in [0.3, 0.4) is 0 Å². The molecular weight excluding hydrogens is 440 g/mol. The minimum atomic E-state index is -1.38. The number of carbonyl (C=O) groups is 3. The lowest BCUT2D eigenvalue weighted by molar-refractivity contribution is -0.180. The number of fused-ring (bicyclic) bond motifs is 5. The summed E-state index contributed by atoms with van der Waals surface area (Å²) in [6.45, 7) is 16.2. The van der Waals surface area contributed by atoms with Crippen molar-refractivity contribution < 1.29 is 38.4 Å². The van der Waals surface area contributed by atoms with Crippen LogP contribution in [0.2, 0.25) is 0 Å². The van der Waals surface area contributed by atoms with Gasteiger partial charge in [0.2, 0.25) is 0 Å². The van der Waals surface area contributed by atoms with E-state index in [2.05, 4.69) is 20.4 Å². The molecular formula is C26H40O8. The summed E-state index contributed by atoms with van der Waals surface area (Å²) in [5, 5.41) is 11.5. The molecule has 34 heavy (non-hydrogen) atoms. The predicted octanol–water partition coefficient (Wildman–Crippen LogP) is 3.34. The first-order valence-corrected chi connectivity index (χ1v) is 12.3. The van der Waals surface area contributed by atoms with Crippen molar-refractivity contribution in [3.63, 3.8) is 0 Å². The van der Waals surface area contributed by atoms with Crippen molar-refractivity contribution in [1.29, 1.82) is 0 Å². The van der Waals surface area contributed by atoms with Gasteiger partial charge in [-0.3, -0.25) is 14.4 Å². The Morgan fingerprint density at radius 2 is 1.71 bits per heavy atom. The molecule has 0 aromatic carbocycles. The number of ether oxygens (including phenoxy) is 4. The first-order valence-electron chi connectivity index (χ1n) is 12.3. The van der Waals surface area contributed by atoms with Gasteiger partial charge in [-0.2, -0.15) is 0 Å². The van der Waals surface area contributed by atoms with Gasteiger partial charge in [0.25, 0.3) is 0 Å². The van der Waals surface area contributed by atoms with Gasteiger partial charge in [-0.25, -0.2) is 0 Å². The van der Waals surface area contributed by atoms with E-state index in [9.17, 15) is 19.5 Å². The maximum atomic E-state index is 12.2. The summed E-state index contributed by atoms with van der Waals surface area (Å²) in [7, 11) is 0. The highest BCUT2D eigenvalue weighted by Crippen LogP contribution is 2.56. The molecule has 9 unspecified atom stereocenters. The molecule has 1 saturated carbocycles. The minimum Gasteiger partial charge on any atom is -0.460 e. The van der Waals surface area contributed by atoms with Gasteiger partial charge in [0.05, 0.1) is 6.10 Å². The van der Waals surface area contributed by atoms with Crippen LogP contribution in [0.25, 0.3) is 0 Å². The number of rotatable bonds is 4. The van der Waals surface area contributed by atoms with Crippen molar-refractivity contribution in [2.24, 2.45) is 23.7 Å². The van der Waals surface area contributed by atoms with E-state index < -0.39 is 47.6 Å². The molecule has 2 aliphatic heterocycles. The second-order valence-electron chi connectivity index (χ2n) is 11.1. The topological polar surface area (TPSA) is 108 Å². The highest BCUT2D eigenvalue weighted by molar-refractivity contribution is 5.67. The molecule has 1 aliphatic carbocycles. The van der Waals surface area contributed by atoms with Crippen LogP contribution in [0.4, 0.5) is 0 Å². The summed E-state index contributed by atoms with van der Waals surface area (Å²) in [4.78, 5) is 35.8. The third-order valence-corrected chi connectivity index (χ3v) is 7.97. The second-order valence-corrected chi connectivity index (χ2v) is 11.1. The molecule has 8 heteroatoms. The average Bonchev–Trinajstić information content (AvgIpc) is 3.05. The molecule has 0 amide bonds. The smallest absolute Gasteiger partial charge is 0.303 e. The van der Waals surface area contributed by atoms with Crippen LogP contribution in [-0.4, -0.2) is 58.6 Å². The second kappa shape index (κ2) is 9.61. The van der Waals surface area contributed by atoms with Gasteiger partial charge in [-0.1, -0.05) is 20.4 Å². The molecule has 3 rings (SSSR count). The van der Waals surface area contributed by atoms with E-state index in [0.29, 0.717) is 19.3 Å². The summed E-state index contributed by atoms with van der Waals surface area (Å²) in [6, 6.07) is 0. The Kier molecular flexibility index (Phi) is 7.54. The van der Waals surface area contributed by atoms with E-state index in [-0.39, 0.29) is 36.1 Å². The van der Waals surface area contributed by atoms with Crippen LogP contribution >= 0.6 is 0 Å². The fourth-order valence-electron chi connectivity index (χ4n) is 6.55. The van der Waals surface area contributed by atoms with E-state index in [1.807, 2.05) is 6.92 Å². The fourth-order valence-corrected chi connectivity index (χ4v) is 6.55. The molecule has 0 spiro atoms. The molecule has 0 radical (unpaired) electrons. The Morgan fingerprint density at radius 3 is 2.24 bits per heavy atom. The van der Waals surface area contributed by atoms with Gasteiger partial charge >= 0.3 is 17.9 Å². The Hall–Kier alpha value is -1.93. The van der Waals surface area contributed by atoms with E-state index >= 15 is 0 Å². The molecule has 2 saturated heterocycles. The van der Waals surface area contributed by atoms with Crippen molar-refractivity contribution in [1.82, 2.24) is 0 Å². The Bertz CT molecular complexity index is 833. The van der Waals surface area contributed by atoms with Crippen LogP contribution < -0.4 is 0 Å². The van der Waals surface area contributed by atoms with Crippen LogP contribution in [-0.2, 0) is 33.3 Å². The first-order chi connectivity index (χ1) is 15.7. The maximum Gasteiger partial charge on any atom is 0.303 e. The van der Waals surface area contributed by atoms with Gasteiger partial charge in [-0.15, -0.1) is 0 Å². The average molecular weight is 481 g/mol. The van der Waals surface area contributed by atoms with Crippen molar-refractivity contribution in [2.45, 2.75) is 110 Å². The molecule has 0 aromatic heterocycles. The summed E-state index contributed by atoms with van der Waals surface area (Å²) >= 11 is 0. The van der Waals surface area contributed by atoms with E-state index in [1.165, 1.54) is 20.8 Å². The standard InChI is InChI=1S/C26H40O8/c1-13(2)18-11-19(31-15(4)27)14(3)22-20-12-25(7,30)21(32-16(5)28)9-10-26(8,34-17(6)29)24(33-20)23(18)22/h13,18-24,30H,3,9-12H2,1-2,4-8H3. The maximum absolute atomic E-state index is 12.2. The monoisotopic (exact) mass is 480 g/mol. The van der Waals surface area contributed by atoms with Crippen LogP contribution in [0.15, 0.2) is 12.2 Å². The molecule has 192 valence electrons. The zero-order valence-corrected chi connectivity index (χ0v) is 21.5. The third kappa shape index (κ3) is 5.18. The van der Waals surface area contributed by atoms with Gasteiger partial charge in [0, 0.05) is 39.0 Å². The number of esters is 3. The largest absolute Gasteiger partial charge is 0.460 e. The summed E-state index contributed by atoms with van der Waals surface area (Å²) in [5.74, 6) is -1.15. The van der Waals surface area contributed by atoms with Crippen molar-refractivity contribution >= 4 is 17.9 Å². The van der Waals surface area contributed by atoms with Gasteiger partial charge in [-0.05, 0) is 50.5 Å². The molecule has 2 heterocycles. The van der Waals surface area contributed by atoms with Crippen molar-refractivity contribution in [2.75, 3.05) is 0 Å². The van der Waals surface area contributed by atoms with Crippen LogP contribution in [0.5, 0.6) is 0 Å².